The molecule has 0 bridgehead atoms. The first-order chi connectivity index (χ1) is 15.6. The minimum Gasteiger partial charge on any atom is -0.466 e. The number of carbonyl (C=O) groups is 1. The fourth-order valence-corrected chi connectivity index (χ4v) is 3.51. The van der Waals surface area contributed by atoms with Gasteiger partial charge in [-0.05, 0) is 57.6 Å². The number of anilines is 1. The zero-order chi connectivity index (χ0) is 23.8. The standard InChI is InChI=1S/C16H24N4O2.C5H13N3.C2H6/c1-2-22-16(21)12-3-5-14(6-4-12)17-8-11-7-13-10-19-20-15(13)18-9-11;1-3-4-7-5(2)8-6;1-2/h7,9,12,14,17,19H,2-6,8,10H2,1H3,(H,18,20);3-4,6H2,1-2H3,(H,7,8);1-2H3. The monoisotopic (exact) mass is 449 g/mol. The van der Waals surface area contributed by atoms with Crippen molar-refractivity contribution in [2.75, 3.05) is 18.6 Å². The number of carbonyl (C=O) groups excluding carboxylic acids is 1. The number of nitrogens with two attached hydrogens (primary N) is 1. The Labute approximate surface area is 193 Å². The first-order valence-electron chi connectivity index (χ1n) is 11.9. The molecular formula is C23H43N7O2. The zero-order valence-corrected chi connectivity index (χ0v) is 20.5. The van der Waals surface area contributed by atoms with E-state index in [4.69, 9.17) is 10.6 Å². The fraction of sp³-hybridized carbons (Fsp3) is 0.696. The van der Waals surface area contributed by atoms with Gasteiger partial charge in [0.2, 0.25) is 0 Å². The van der Waals surface area contributed by atoms with Crippen LogP contribution in [0.15, 0.2) is 17.3 Å². The van der Waals surface area contributed by atoms with Gasteiger partial charge in [0.05, 0.1) is 12.5 Å². The third-order valence-electron chi connectivity index (χ3n) is 5.23. The summed E-state index contributed by atoms with van der Waals surface area (Å²) in [7, 11) is 0. The van der Waals surface area contributed by atoms with Gasteiger partial charge in [-0.3, -0.25) is 9.79 Å². The molecule has 1 aliphatic heterocycles. The Bertz CT molecular complexity index is 689. The highest BCUT2D eigenvalue weighted by Gasteiger charge is 2.26. The molecule has 0 spiro atoms. The lowest BCUT2D eigenvalue weighted by Crippen LogP contribution is -2.35. The molecule has 9 heteroatoms. The van der Waals surface area contributed by atoms with E-state index in [-0.39, 0.29) is 11.9 Å². The lowest BCUT2D eigenvalue weighted by molar-refractivity contribution is -0.149. The number of esters is 1. The van der Waals surface area contributed by atoms with Crippen LogP contribution >= 0.6 is 0 Å². The Morgan fingerprint density at radius 2 is 2.00 bits per heavy atom. The minimum atomic E-state index is -0.0243. The number of amidine groups is 1. The Morgan fingerprint density at radius 1 is 1.28 bits per heavy atom. The summed E-state index contributed by atoms with van der Waals surface area (Å²) in [6, 6.07) is 2.67. The summed E-state index contributed by atoms with van der Waals surface area (Å²) in [5.41, 5.74) is 11.0. The first-order valence-corrected chi connectivity index (χ1v) is 11.9. The molecule has 0 amide bonds. The van der Waals surface area contributed by atoms with E-state index in [0.717, 1.165) is 63.4 Å². The van der Waals surface area contributed by atoms with Crippen LogP contribution in [0.3, 0.4) is 0 Å². The number of nitrogens with zero attached hydrogens (tertiary/aromatic N) is 2. The van der Waals surface area contributed by atoms with E-state index in [1.165, 1.54) is 11.1 Å². The van der Waals surface area contributed by atoms with Gasteiger partial charge in [-0.25, -0.2) is 16.3 Å². The molecule has 0 radical (unpaired) electrons. The number of hydrogen-bond acceptors (Lipinski definition) is 8. The van der Waals surface area contributed by atoms with Gasteiger partial charge < -0.3 is 20.9 Å². The van der Waals surface area contributed by atoms with Crippen LogP contribution < -0.4 is 27.4 Å². The van der Waals surface area contributed by atoms with Crippen molar-refractivity contribution in [2.24, 2.45) is 16.8 Å². The molecule has 3 rings (SSSR count). The predicted octanol–water partition coefficient (Wildman–Crippen LogP) is 3.03. The molecule has 1 aliphatic carbocycles. The molecule has 1 aromatic rings. The van der Waals surface area contributed by atoms with Crippen molar-refractivity contribution in [3.05, 3.63) is 23.4 Å². The Kier molecular flexibility index (Phi) is 14.3. The van der Waals surface area contributed by atoms with Crippen molar-refractivity contribution < 1.29 is 9.53 Å². The van der Waals surface area contributed by atoms with Crippen LogP contribution in [-0.4, -0.2) is 36.0 Å². The molecule has 1 saturated carbocycles. The number of pyridine rings is 1. The molecule has 0 saturated heterocycles. The maximum Gasteiger partial charge on any atom is 0.308 e. The van der Waals surface area contributed by atoms with Gasteiger partial charge in [-0.15, -0.1) is 0 Å². The van der Waals surface area contributed by atoms with Gasteiger partial charge in [0.1, 0.15) is 11.7 Å². The van der Waals surface area contributed by atoms with Gasteiger partial charge in [-0.1, -0.05) is 20.8 Å². The molecule has 2 heterocycles. The summed E-state index contributed by atoms with van der Waals surface area (Å²) in [6.07, 6.45) is 6.89. The van der Waals surface area contributed by atoms with Crippen LogP contribution in [0.25, 0.3) is 0 Å². The molecule has 32 heavy (non-hydrogen) atoms. The highest BCUT2D eigenvalue weighted by Crippen LogP contribution is 2.26. The van der Waals surface area contributed by atoms with Crippen LogP contribution in [0, 0.1) is 5.92 Å². The first kappa shape index (κ1) is 27.8. The van der Waals surface area contributed by atoms with Crippen LogP contribution in [0.1, 0.15) is 77.8 Å². The van der Waals surface area contributed by atoms with Gasteiger partial charge in [0.15, 0.2) is 0 Å². The van der Waals surface area contributed by atoms with Gasteiger partial charge in [0.25, 0.3) is 0 Å². The van der Waals surface area contributed by atoms with Crippen LogP contribution in [0.4, 0.5) is 5.82 Å². The summed E-state index contributed by atoms with van der Waals surface area (Å²) >= 11 is 0. The molecule has 1 fully saturated rings. The highest BCUT2D eigenvalue weighted by atomic mass is 16.5. The third-order valence-corrected chi connectivity index (χ3v) is 5.23. The van der Waals surface area contributed by atoms with Gasteiger partial charge in [-0.2, -0.15) is 0 Å². The normalized spacial score (nSPS) is 19.4. The largest absolute Gasteiger partial charge is 0.466 e. The van der Waals surface area contributed by atoms with E-state index in [2.05, 4.69) is 44.6 Å². The second kappa shape index (κ2) is 16.4. The maximum absolute atomic E-state index is 11.7. The molecule has 9 nitrogen and oxygen atoms in total. The molecule has 0 unspecified atom stereocenters. The molecule has 1 aromatic heterocycles. The van der Waals surface area contributed by atoms with E-state index in [1.54, 1.807) is 0 Å². The second-order valence-corrected chi connectivity index (χ2v) is 7.62. The Balaban J connectivity index is 0.000000436. The van der Waals surface area contributed by atoms with E-state index < -0.39 is 0 Å². The van der Waals surface area contributed by atoms with Gasteiger partial charge >= 0.3 is 5.97 Å². The van der Waals surface area contributed by atoms with Crippen LogP contribution in [-0.2, 0) is 22.6 Å². The lowest BCUT2D eigenvalue weighted by Gasteiger charge is -2.28. The number of rotatable bonds is 7. The molecule has 182 valence electrons. The van der Waals surface area contributed by atoms with E-state index >= 15 is 0 Å². The van der Waals surface area contributed by atoms with Crippen molar-refractivity contribution in [1.82, 2.24) is 21.2 Å². The summed E-state index contributed by atoms with van der Waals surface area (Å²) in [6.45, 7) is 12.8. The summed E-state index contributed by atoms with van der Waals surface area (Å²) in [5.74, 6) is 6.83. The number of aromatic nitrogens is 1. The predicted molar refractivity (Wildman–Crippen MR) is 131 cm³/mol. The van der Waals surface area contributed by atoms with Crippen molar-refractivity contribution >= 4 is 17.6 Å². The number of hydrogen-bond donors (Lipinski definition) is 5. The summed E-state index contributed by atoms with van der Waals surface area (Å²) < 4.78 is 5.11. The highest BCUT2D eigenvalue weighted by molar-refractivity contribution is 5.78. The van der Waals surface area contributed by atoms with E-state index in [9.17, 15) is 4.79 Å². The van der Waals surface area contributed by atoms with Crippen LogP contribution in [0.5, 0.6) is 0 Å². The summed E-state index contributed by atoms with van der Waals surface area (Å²) in [4.78, 5) is 20.2. The molecule has 6 N–H and O–H groups in total. The zero-order valence-electron chi connectivity index (χ0n) is 20.5. The average Bonchev–Trinajstić information content (AvgIpc) is 3.31. The third kappa shape index (κ3) is 9.93. The number of aliphatic imine (C=N–C) groups is 1. The second-order valence-electron chi connectivity index (χ2n) is 7.62. The lowest BCUT2D eigenvalue weighted by atomic mass is 9.86. The number of ether oxygens (including phenoxy) is 1. The molecule has 0 atom stereocenters. The molecule has 0 aromatic carbocycles. The van der Waals surface area contributed by atoms with E-state index in [0.29, 0.717) is 12.6 Å². The summed E-state index contributed by atoms with van der Waals surface area (Å²) in [5, 5.41) is 3.59. The fourth-order valence-electron chi connectivity index (χ4n) is 3.51. The smallest absolute Gasteiger partial charge is 0.308 e. The number of fused-ring (bicyclic) bond motifs is 1. The SMILES string of the molecule is CC.CCCN=C(C)NN.CCOC(=O)C1CCC(NCc2cnc3c(c2)CNN3)CC1. The van der Waals surface area contributed by atoms with Crippen LogP contribution in [0.2, 0.25) is 0 Å². The maximum atomic E-state index is 11.7. The quantitative estimate of drug-likeness (QED) is 0.141. The number of hydrazine groups is 2. The van der Waals surface area contributed by atoms with Crippen molar-refractivity contribution in [2.45, 2.75) is 85.9 Å². The Morgan fingerprint density at radius 3 is 2.62 bits per heavy atom. The van der Waals surface area contributed by atoms with Crippen molar-refractivity contribution in [3.8, 4) is 0 Å². The van der Waals surface area contributed by atoms with Crippen molar-refractivity contribution in [1.29, 1.82) is 0 Å². The topological polar surface area (TPSA) is 126 Å². The van der Waals surface area contributed by atoms with Gasteiger partial charge in [0, 0.05) is 37.4 Å². The van der Waals surface area contributed by atoms with Crippen molar-refractivity contribution in [3.63, 3.8) is 0 Å². The Hall–Kier alpha value is -2.23. The molecular weight excluding hydrogens is 406 g/mol. The molecule has 2 aliphatic rings. The number of nitrogens with one attached hydrogen (secondary N) is 4. The van der Waals surface area contributed by atoms with E-state index in [1.807, 2.05) is 33.9 Å². The minimum absolute atomic E-state index is 0.0243. The average molecular weight is 450 g/mol.